The van der Waals surface area contributed by atoms with Crippen molar-refractivity contribution in [2.24, 2.45) is 0 Å². The van der Waals surface area contributed by atoms with Crippen LogP contribution in [0.25, 0.3) is 10.9 Å². The fourth-order valence-corrected chi connectivity index (χ4v) is 1.62. The molecule has 2 rings (SSSR count). The normalized spacial score (nSPS) is 11.1. The highest BCUT2D eigenvalue weighted by Crippen LogP contribution is 2.24. The minimum atomic E-state index is -2.64. The summed E-state index contributed by atoms with van der Waals surface area (Å²) in [6.07, 6.45) is -1.25. The zero-order valence-corrected chi connectivity index (χ0v) is 8.14. The molecule has 82 valence electrons. The Morgan fingerprint density at radius 1 is 1.19 bits per heavy atom. The Bertz CT molecular complexity index is 473. The Labute approximate surface area is 90.5 Å². The molecule has 0 fully saturated rings. The predicted octanol–water partition coefficient (Wildman–Crippen LogP) is 0.852. The van der Waals surface area contributed by atoms with E-state index in [2.05, 4.69) is 4.98 Å². The van der Waals surface area contributed by atoms with E-state index in [0.29, 0.717) is 5.39 Å². The van der Waals surface area contributed by atoms with Crippen LogP contribution in [-0.2, 0) is 0 Å². The van der Waals surface area contributed by atoms with E-state index < -0.39 is 13.5 Å². The molecule has 1 aromatic heterocycles. The molecule has 0 aliphatic carbocycles. The molecular formula is C10H8BF2NO2. The van der Waals surface area contributed by atoms with E-state index in [4.69, 9.17) is 10.0 Å². The molecule has 0 amide bonds. The van der Waals surface area contributed by atoms with Crippen LogP contribution in [0.4, 0.5) is 8.78 Å². The lowest BCUT2D eigenvalue weighted by Gasteiger charge is -2.08. The minimum absolute atomic E-state index is 0.100. The number of nitrogens with zero attached hydrogens (tertiary/aromatic N) is 1. The lowest BCUT2D eigenvalue weighted by molar-refractivity contribution is 0.153. The molecule has 6 heteroatoms. The van der Waals surface area contributed by atoms with Gasteiger partial charge >= 0.3 is 7.12 Å². The van der Waals surface area contributed by atoms with E-state index in [1.54, 1.807) is 6.07 Å². The molecule has 0 spiro atoms. The number of halogens is 2. The summed E-state index contributed by atoms with van der Waals surface area (Å²) in [5.41, 5.74) is 0.0654. The molecule has 0 saturated carbocycles. The van der Waals surface area contributed by atoms with E-state index in [0.717, 1.165) is 6.07 Å². The van der Waals surface area contributed by atoms with Gasteiger partial charge in [-0.2, -0.15) is 0 Å². The van der Waals surface area contributed by atoms with Gasteiger partial charge in [-0.25, -0.2) is 8.78 Å². The van der Waals surface area contributed by atoms with Crippen LogP contribution < -0.4 is 5.46 Å². The molecule has 0 aliphatic heterocycles. The van der Waals surface area contributed by atoms with Gasteiger partial charge in [0.25, 0.3) is 6.43 Å². The van der Waals surface area contributed by atoms with Gasteiger partial charge < -0.3 is 10.0 Å². The van der Waals surface area contributed by atoms with Crippen molar-refractivity contribution in [2.45, 2.75) is 6.43 Å². The van der Waals surface area contributed by atoms with Crippen molar-refractivity contribution in [3.05, 3.63) is 36.0 Å². The van der Waals surface area contributed by atoms with E-state index in [1.165, 1.54) is 18.3 Å². The molecule has 3 nitrogen and oxygen atoms in total. The van der Waals surface area contributed by atoms with Crippen molar-refractivity contribution < 1.29 is 18.8 Å². The Hall–Kier alpha value is -1.53. The summed E-state index contributed by atoms with van der Waals surface area (Å²) in [5, 5.41) is 18.5. The number of hydrogen-bond donors (Lipinski definition) is 2. The van der Waals surface area contributed by atoms with Gasteiger partial charge in [0.1, 0.15) is 0 Å². The molecule has 2 N–H and O–H groups in total. The maximum Gasteiger partial charge on any atom is 0.489 e. The van der Waals surface area contributed by atoms with Crippen LogP contribution in [0.15, 0.2) is 30.5 Å². The molecule has 0 aliphatic rings. The number of aromatic nitrogens is 1. The molecule has 0 unspecified atom stereocenters. The molecule has 1 aromatic carbocycles. The van der Waals surface area contributed by atoms with Crippen LogP contribution in [0.2, 0.25) is 0 Å². The summed E-state index contributed by atoms with van der Waals surface area (Å²) in [4.78, 5) is 3.84. The van der Waals surface area contributed by atoms with Gasteiger partial charge in [0.05, 0.1) is 5.52 Å². The fourth-order valence-electron chi connectivity index (χ4n) is 1.62. The van der Waals surface area contributed by atoms with Gasteiger partial charge in [-0.15, -0.1) is 0 Å². The third kappa shape index (κ3) is 1.77. The van der Waals surface area contributed by atoms with Crippen molar-refractivity contribution in [1.29, 1.82) is 0 Å². The molecule has 0 saturated heterocycles. The molecule has 16 heavy (non-hydrogen) atoms. The van der Waals surface area contributed by atoms with Crippen molar-refractivity contribution >= 4 is 23.5 Å². The fraction of sp³-hybridized carbons (Fsp3) is 0.100. The third-order valence-electron chi connectivity index (χ3n) is 2.35. The number of benzene rings is 1. The molecular weight excluding hydrogens is 215 g/mol. The summed E-state index contributed by atoms with van der Waals surface area (Å²) >= 11 is 0. The summed E-state index contributed by atoms with van der Waals surface area (Å²) in [6, 6.07) is 5.53. The van der Waals surface area contributed by atoms with E-state index in [-0.39, 0.29) is 16.5 Å². The molecule has 0 bridgehead atoms. The lowest BCUT2D eigenvalue weighted by Crippen LogP contribution is -2.30. The largest absolute Gasteiger partial charge is 0.489 e. The highest BCUT2D eigenvalue weighted by molar-refractivity contribution is 6.61. The maximum absolute atomic E-state index is 12.7. The minimum Gasteiger partial charge on any atom is -0.423 e. The maximum atomic E-state index is 12.7. The first kappa shape index (κ1) is 11.0. The average Bonchev–Trinajstić information content (AvgIpc) is 2.27. The average molecular weight is 223 g/mol. The van der Waals surface area contributed by atoms with E-state index >= 15 is 0 Å². The highest BCUT2D eigenvalue weighted by Gasteiger charge is 2.19. The highest BCUT2D eigenvalue weighted by atomic mass is 19.3. The Morgan fingerprint density at radius 2 is 1.94 bits per heavy atom. The van der Waals surface area contributed by atoms with Crippen LogP contribution in [0.1, 0.15) is 12.0 Å². The first-order valence-corrected chi connectivity index (χ1v) is 4.63. The second-order valence-corrected chi connectivity index (χ2v) is 3.32. The van der Waals surface area contributed by atoms with Crippen molar-refractivity contribution in [2.75, 3.05) is 0 Å². The number of alkyl halides is 2. The molecule has 1 heterocycles. The van der Waals surface area contributed by atoms with Crippen molar-refractivity contribution in [3.63, 3.8) is 0 Å². The van der Waals surface area contributed by atoms with Gasteiger partial charge in [-0.05, 0) is 11.5 Å². The first-order chi connectivity index (χ1) is 7.61. The van der Waals surface area contributed by atoms with Gasteiger partial charge in [-0.1, -0.05) is 18.2 Å². The standard InChI is InChI=1S/C10H8BF2NO2/c12-10(13)7-3-4-8(11(15)16)6-2-1-5-14-9(6)7/h1-5,10,15-16H. The van der Waals surface area contributed by atoms with E-state index in [9.17, 15) is 8.78 Å². The second kappa shape index (κ2) is 4.15. The number of fused-ring (bicyclic) bond motifs is 1. The monoisotopic (exact) mass is 223 g/mol. The third-order valence-corrected chi connectivity index (χ3v) is 2.35. The predicted molar refractivity (Wildman–Crippen MR) is 56.5 cm³/mol. The topological polar surface area (TPSA) is 53.4 Å². The van der Waals surface area contributed by atoms with Crippen LogP contribution in [-0.4, -0.2) is 22.2 Å². The van der Waals surface area contributed by atoms with Crippen LogP contribution in [0.3, 0.4) is 0 Å². The first-order valence-electron chi connectivity index (χ1n) is 4.63. The number of pyridine rings is 1. The van der Waals surface area contributed by atoms with Crippen LogP contribution in [0, 0.1) is 0 Å². The van der Waals surface area contributed by atoms with Crippen LogP contribution >= 0.6 is 0 Å². The quantitative estimate of drug-likeness (QED) is 0.742. The SMILES string of the molecule is OB(O)c1ccc(C(F)F)c2ncccc12. The second-order valence-electron chi connectivity index (χ2n) is 3.32. The zero-order chi connectivity index (χ0) is 11.7. The summed E-state index contributed by atoms with van der Waals surface area (Å²) < 4.78 is 25.3. The lowest BCUT2D eigenvalue weighted by atomic mass is 9.77. The molecule has 0 radical (unpaired) electrons. The Morgan fingerprint density at radius 3 is 2.56 bits per heavy atom. The van der Waals surface area contributed by atoms with Gasteiger partial charge in [0.15, 0.2) is 0 Å². The van der Waals surface area contributed by atoms with Crippen LogP contribution in [0.5, 0.6) is 0 Å². The van der Waals surface area contributed by atoms with Crippen molar-refractivity contribution in [1.82, 2.24) is 4.98 Å². The van der Waals surface area contributed by atoms with Gasteiger partial charge in [-0.3, -0.25) is 4.98 Å². The summed E-state index contributed by atoms with van der Waals surface area (Å²) in [7, 11) is -1.70. The summed E-state index contributed by atoms with van der Waals surface area (Å²) in [5.74, 6) is 0. The smallest absolute Gasteiger partial charge is 0.423 e. The Balaban J connectivity index is 2.77. The molecule has 2 aromatic rings. The van der Waals surface area contributed by atoms with Gasteiger partial charge in [0.2, 0.25) is 0 Å². The van der Waals surface area contributed by atoms with Crippen molar-refractivity contribution in [3.8, 4) is 0 Å². The zero-order valence-electron chi connectivity index (χ0n) is 8.14. The van der Waals surface area contributed by atoms with E-state index in [1.807, 2.05) is 0 Å². The number of rotatable bonds is 2. The number of hydrogen-bond acceptors (Lipinski definition) is 3. The van der Waals surface area contributed by atoms with Gasteiger partial charge in [0, 0.05) is 17.1 Å². The Kier molecular flexibility index (Phi) is 2.85. The summed E-state index contributed by atoms with van der Waals surface area (Å²) in [6.45, 7) is 0. The molecule has 0 atom stereocenters.